The number of aryl methyl sites for hydroxylation is 1. The van der Waals surface area contributed by atoms with E-state index >= 15 is 0 Å². The third-order valence-corrected chi connectivity index (χ3v) is 4.56. The lowest BCUT2D eigenvalue weighted by Crippen LogP contribution is -2.02. The topological polar surface area (TPSA) is 56.7 Å². The predicted octanol–water partition coefficient (Wildman–Crippen LogP) is 3.39. The number of nitrogens with zero attached hydrogens (tertiary/aromatic N) is 3. The average Bonchev–Trinajstić information content (AvgIpc) is 2.61. The maximum atomic E-state index is 5.98. The number of rotatable bonds is 2. The number of fused-ring (bicyclic) bond motifs is 1. The molecule has 2 N–H and O–H groups in total. The van der Waals surface area contributed by atoms with Gasteiger partial charge in [-0.2, -0.15) is 0 Å². The first-order valence-corrected chi connectivity index (χ1v) is 7.58. The Morgan fingerprint density at radius 2 is 2.11 bits per heavy atom. The second-order valence-electron chi connectivity index (χ2n) is 4.65. The zero-order valence-electron chi connectivity index (χ0n) is 10.5. The zero-order valence-corrected chi connectivity index (χ0v) is 12.0. The van der Waals surface area contributed by atoms with Gasteiger partial charge in [-0.25, -0.2) is 0 Å². The van der Waals surface area contributed by atoms with E-state index in [1.165, 1.54) is 19.3 Å². The van der Waals surface area contributed by atoms with Gasteiger partial charge in [-0.15, -0.1) is 10.2 Å². The standard InChI is InChI=1S/C13H15ClN4S/c14-9-5-6-11(10(15)8-9)19-13-17-16-12-4-2-1-3-7-18(12)13/h5-6,8H,1-4,7,15H2. The molecule has 0 aliphatic carbocycles. The average molecular weight is 295 g/mol. The molecule has 2 heterocycles. The summed E-state index contributed by atoms with van der Waals surface area (Å²) in [5.41, 5.74) is 6.67. The van der Waals surface area contributed by atoms with E-state index < -0.39 is 0 Å². The van der Waals surface area contributed by atoms with Crippen LogP contribution >= 0.6 is 23.4 Å². The van der Waals surface area contributed by atoms with Crippen molar-refractivity contribution < 1.29 is 0 Å². The molecule has 0 atom stereocenters. The van der Waals surface area contributed by atoms with Gasteiger partial charge in [0.2, 0.25) is 0 Å². The number of anilines is 1. The number of nitrogen functional groups attached to an aromatic ring is 1. The van der Waals surface area contributed by atoms with Gasteiger partial charge in [-0.05, 0) is 42.8 Å². The molecule has 6 heteroatoms. The van der Waals surface area contributed by atoms with Crippen molar-refractivity contribution in [3.8, 4) is 0 Å². The van der Waals surface area contributed by atoms with E-state index in [2.05, 4.69) is 14.8 Å². The molecular weight excluding hydrogens is 280 g/mol. The molecule has 100 valence electrons. The highest BCUT2D eigenvalue weighted by Gasteiger charge is 2.16. The first kappa shape index (κ1) is 12.8. The predicted molar refractivity (Wildman–Crippen MR) is 77.6 cm³/mol. The highest BCUT2D eigenvalue weighted by Crippen LogP contribution is 2.33. The van der Waals surface area contributed by atoms with Gasteiger partial charge in [-0.1, -0.05) is 18.0 Å². The zero-order chi connectivity index (χ0) is 13.2. The molecule has 0 unspecified atom stereocenters. The minimum absolute atomic E-state index is 0.655. The van der Waals surface area contributed by atoms with Crippen molar-refractivity contribution in [2.75, 3.05) is 5.73 Å². The Hall–Kier alpha value is -1.20. The van der Waals surface area contributed by atoms with Crippen LogP contribution in [0.2, 0.25) is 5.02 Å². The van der Waals surface area contributed by atoms with Crippen LogP contribution in [0.5, 0.6) is 0 Å². The monoisotopic (exact) mass is 294 g/mol. The fraction of sp³-hybridized carbons (Fsp3) is 0.385. The van der Waals surface area contributed by atoms with Crippen LogP contribution in [0.3, 0.4) is 0 Å². The van der Waals surface area contributed by atoms with Crippen LogP contribution in [0.4, 0.5) is 5.69 Å². The SMILES string of the molecule is Nc1cc(Cl)ccc1Sc1nnc2n1CCCCC2. The molecule has 0 saturated heterocycles. The van der Waals surface area contributed by atoms with Gasteiger partial charge >= 0.3 is 0 Å². The maximum absolute atomic E-state index is 5.98. The largest absolute Gasteiger partial charge is 0.398 e. The number of hydrogen-bond acceptors (Lipinski definition) is 4. The molecule has 0 spiro atoms. The number of aromatic nitrogens is 3. The summed E-state index contributed by atoms with van der Waals surface area (Å²) < 4.78 is 2.21. The quantitative estimate of drug-likeness (QED) is 0.863. The summed E-state index contributed by atoms with van der Waals surface area (Å²) in [6.45, 7) is 0.998. The Morgan fingerprint density at radius 3 is 2.95 bits per heavy atom. The second kappa shape index (κ2) is 5.43. The molecule has 0 saturated carbocycles. The van der Waals surface area contributed by atoms with Crippen LogP contribution in [0, 0.1) is 0 Å². The molecule has 3 rings (SSSR count). The fourth-order valence-corrected chi connectivity index (χ4v) is 3.32. The van der Waals surface area contributed by atoms with Gasteiger partial charge in [0.25, 0.3) is 0 Å². The highest BCUT2D eigenvalue weighted by molar-refractivity contribution is 7.99. The fourth-order valence-electron chi connectivity index (χ4n) is 2.24. The van der Waals surface area contributed by atoms with Crippen molar-refractivity contribution >= 4 is 29.1 Å². The van der Waals surface area contributed by atoms with Crippen LogP contribution < -0.4 is 5.73 Å². The number of halogens is 1. The van der Waals surface area contributed by atoms with Crippen molar-refractivity contribution in [2.24, 2.45) is 0 Å². The smallest absolute Gasteiger partial charge is 0.196 e. The summed E-state index contributed by atoms with van der Waals surface area (Å²) in [7, 11) is 0. The van der Waals surface area contributed by atoms with Crippen molar-refractivity contribution in [3.63, 3.8) is 0 Å². The van der Waals surface area contributed by atoms with Gasteiger partial charge in [0.05, 0.1) is 0 Å². The van der Waals surface area contributed by atoms with E-state index in [1.807, 2.05) is 12.1 Å². The van der Waals surface area contributed by atoms with Gasteiger partial charge in [0.1, 0.15) is 5.82 Å². The number of nitrogens with two attached hydrogens (primary N) is 1. The lowest BCUT2D eigenvalue weighted by atomic mass is 10.2. The minimum atomic E-state index is 0.655. The van der Waals surface area contributed by atoms with Crippen LogP contribution in [-0.2, 0) is 13.0 Å². The van der Waals surface area contributed by atoms with E-state index in [9.17, 15) is 0 Å². The summed E-state index contributed by atoms with van der Waals surface area (Å²) in [5, 5.41) is 10.1. The van der Waals surface area contributed by atoms with Gasteiger partial charge in [-0.3, -0.25) is 0 Å². The van der Waals surface area contributed by atoms with Crippen LogP contribution in [-0.4, -0.2) is 14.8 Å². The molecule has 1 aromatic heterocycles. The van der Waals surface area contributed by atoms with Crippen molar-refractivity contribution in [2.45, 2.75) is 42.3 Å². The Kier molecular flexibility index (Phi) is 3.66. The van der Waals surface area contributed by atoms with Gasteiger partial charge in [0, 0.05) is 28.6 Å². The minimum Gasteiger partial charge on any atom is -0.398 e. The Labute approximate surface area is 121 Å². The Bertz CT molecular complexity index is 596. The van der Waals surface area contributed by atoms with Gasteiger partial charge < -0.3 is 10.3 Å². The third-order valence-electron chi connectivity index (χ3n) is 3.25. The van der Waals surface area contributed by atoms with Crippen molar-refractivity contribution in [1.82, 2.24) is 14.8 Å². The molecule has 1 aromatic carbocycles. The first-order chi connectivity index (χ1) is 9.24. The summed E-state index contributed by atoms with van der Waals surface area (Å²) in [6, 6.07) is 5.55. The van der Waals surface area contributed by atoms with E-state index in [1.54, 1.807) is 17.8 Å². The van der Waals surface area contributed by atoms with Gasteiger partial charge in [0.15, 0.2) is 5.16 Å². The Balaban J connectivity index is 1.89. The van der Waals surface area contributed by atoms with E-state index in [0.717, 1.165) is 28.8 Å². The lowest BCUT2D eigenvalue weighted by Gasteiger charge is -2.08. The Morgan fingerprint density at radius 1 is 1.21 bits per heavy atom. The van der Waals surface area contributed by atoms with E-state index in [0.29, 0.717) is 10.7 Å². The normalized spacial score (nSPS) is 15.0. The molecule has 19 heavy (non-hydrogen) atoms. The van der Waals surface area contributed by atoms with Crippen molar-refractivity contribution in [1.29, 1.82) is 0 Å². The summed E-state index contributed by atoms with van der Waals surface area (Å²) >= 11 is 7.47. The first-order valence-electron chi connectivity index (χ1n) is 6.39. The summed E-state index contributed by atoms with van der Waals surface area (Å²) in [5.74, 6) is 1.09. The number of benzene rings is 1. The molecular formula is C13H15ClN4S. The molecule has 1 aliphatic rings. The molecule has 4 nitrogen and oxygen atoms in total. The van der Waals surface area contributed by atoms with Crippen LogP contribution in [0.15, 0.2) is 28.3 Å². The lowest BCUT2D eigenvalue weighted by molar-refractivity contribution is 0.591. The second-order valence-corrected chi connectivity index (χ2v) is 6.09. The summed E-state index contributed by atoms with van der Waals surface area (Å²) in [4.78, 5) is 0.976. The summed E-state index contributed by atoms with van der Waals surface area (Å²) in [6.07, 6.45) is 4.67. The third kappa shape index (κ3) is 2.72. The highest BCUT2D eigenvalue weighted by atomic mass is 35.5. The molecule has 0 bridgehead atoms. The maximum Gasteiger partial charge on any atom is 0.196 e. The van der Waals surface area contributed by atoms with Crippen molar-refractivity contribution in [3.05, 3.63) is 29.0 Å². The van der Waals surface area contributed by atoms with E-state index in [-0.39, 0.29) is 0 Å². The van der Waals surface area contributed by atoms with Crippen LogP contribution in [0.25, 0.3) is 0 Å². The number of hydrogen-bond donors (Lipinski definition) is 1. The molecule has 2 aromatic rings. The molecule has 0 fully saturated rings. The molecule has 1 aliphatic heterocycles. The van der Waals surface area contributed by atoms with Crippen LogP contribution in [0.1, 0.15) is 25.1 Å². The molecule has 0 radical (unpaired) electrons. The van der Waals surface area contributed by atoms with E-state index in [4.69, 9.17) is 17.3 Å². The molecule has 0 amide bonds.